The van der Waals surface area contributed by atoms with Crippen molar-refractivity contribution >= 4 is 29.4 Å². The zero-order chi connectivity index (χ0) is 20.2. The molecule has 27 heavy (non-hydrogen) atoms. The number of rotatable bonds is 9. The van der Waals surface area contributed by atoms with Gasteiger partial charge in [-0.1, -0.05) is 0 Å². The molecular weight excluding hydrogens is 352 g/mol. The van der Waals surface area contributed by atoms with Crippen molar-refractivity contribution in [1.82, 2.24) is 10.2 Å². The Labute approximate surface area is 157 Å². The lowest BCUT2D eigenvalue weighted by Gasteiger charge is -2.20. The van der Waals surface area contributed by atoms with E-state index >= 15 is 0 Å². The highest BCUT2D eigenvalue weighted by Gasteiger charge is 2.17. The van der Waals surface area contributed by atoms with Gasteiger partial charge in [-0.3, -0.25) is 14.4 Å². The normalized spacial score (nSPS) is 9.67. The molecule has 0 bridgehead atoms. The molecule has 3 amide bonds. The van der Waals surface area contributed by atoms with E-state index in [1.807, 2.05) is 0 Å². The average Bonchev–Trinajstić information content (AvgIpc) is 2.64. The lowest BCUT2D eigenvalue weighted by Crippen LogP contribution is -2.42. The number of hydrogen-bond acceptors (Lipinski definition) is 6. The summed E-state index contributed by atoms with van der Waals surface area (Å²) >= 11 is 0. The molecule has 0 aliphatic heterocycles. The number of hydrogen-bond donors (Lipinski definition) is 2. The number of carbonyl (C=O) groups excluding carboxylic acids is 4. The molecule has 2 N–H and O–H groups in total. The highest BCUT2D eigenvalue weighted by Crippen LogP contribution is 2.11. The molecule has 144 valence electrons. The van der Waals surface area contributed by atoms with E-state index in [0.717, 1.165) is 0 Å². The molecular formula is C18H22N4O5. The molecule has 0 saturated heterocycles. The topological polar surface area (TPSA) is 129 Å². The Hall–Kier alpha value is -3.41. The highest BCUT2D eigenvalue weighted by atomic mass is 16.5. The van der Waals surface area contributed by atoms with Gasteiger partial charge in [0.1, 0.15) is 6.42 Å². The van der Waals surface area contributed by atoms with Gasteiger partial charge in [-0.2, -0.15) is 5.26 Å². The molecule has 0 radical (unpaired) electrons. The first-order valence-corrected chi connectivity index (χ1v) is 8.39. The van der Waals surface area contributed by atoms with Crippen LogP contribution in [-0.2, 0) is 19.1 Å². The predicted molar refractivity (Wildman–Crippen MR) is 96.5 cm³/mol. The average molecular weight is 374 g/mol. The van der Waals surface area contributed by atoms with Crippen LogP contribution in [0.4, 0.5) is 5.69 Å². The summed E-state index contributed by atoms with van der Waals surface area (Å²) in [7, 11) is 0. The molecule has 1 aromatic rings. The summed E-state index contributed by atoms with van der Waals surface area (Å²) in [5.74, 6) is -1.91. The van der Waals surface area contributed by atoms with Crippen LogP contribution in [0.5, 0.6) is 0 Å². The molecule has 0 atom stereocenters. The van der Waals surface area contributed by atoms with Crippen molar-refractivity contribution in [3.05, 3.63) is 29.8 Å². The van der Waals surface area contributed by atoms with E-state index < -0.39 is 24.4 Å². The first-order chi connectivity index (χ1) is 12.9. The van der Waals surface area contributed by atoms with Crippen molar-refractivity contribution in [2.24, 2.45) is 0 Å². The van der Waals surface area contributed by atoms with E-state index in [4.69, 9.17) is 10.00 Å². The second-order valence-corrected chi connectivity index (χ2v) is 5.40. The Morgan fingerprint density at radius 3 is 2.33 bits per heavy atom. The van der Waals surface area contributed by atoms with Crippen LogP contribution in [0, 0.1) is 11.3 Å². The third-order valence-electron chi connectivity index (χ3n) is 3.41. The maximum Gasteiger partial charge on any atom is 0.338 e. The fourth-order valence-electron chi connectivity index (χ4n) is 2.07. The monoisotopic (exact) mass is 374 g/mol. The third-order valence-corrected chi connectivity index (χ3v) is 3.41. The van der Waals surface area contributed by atoms with Crippen LogP contribution in [0.2, 0.25) is 0 Å². The molecule has 0 spiro atoms. The molecule has 1 rings (SSSR count). The molecule has 0 unspecified atom stereocenters. The van der Waals surface area contributed by atoms with Gasteiger partial charge in [0, 0.05) is 18.8 Å². The van der Waals surface area contributed by atoms with Gasteiger partial charge in [-0.05, 0) is 38.1 Å². The number of ether oxygens (including phenoxy) is 1. The number of carbonyl (C=O) groups is 4. The minimum absolute atomic E-state index is 0.0994. The largest absolute Gasteiger partial charge is 0.452 e. The van der Waals surface area contributed by atoms with Gasteiger partial charge in [0.2, 0.25) is 11.8 Å². The Morgan fingerprint density at radius 1 is 1.11 bits per heavy atom. The van der Waals surface area contributed by atoms with Gasteiger partial charge in [-0.15, -0.1) is 0 Å². The van der Waals surface area contributed by atoms with Crippen LogP contribution in [0.3, 0.4) is 0 Å². The molecule has 9 heteroatoms. The molecule has 0 heterocycles. The standard InChI is InChI=1S/C18H22N4O5/c1-3-20-16(24)11-22(4-2)17(25)12-27-18(26)13-5-7-14(8-6-13)21-15(23)9-10-19/h5-8H,3-4,9,11-12H2,1-2H3,(H,20,24)(H,21,23). The zero-order valence-electron chi connectivity index (χ0n) is 15.3. The van der Waals surface area contributed by atoms with E-state index in [0.29, 0.717) is 18.8 Å². The van der Waals surface area contributed by atoms with Crippen molar-refractivity contribution in [3.63, 3.8) is 0 Å². The number of esters is 1. The van der Waals surface area contributed by atoms with E-state index in [1.165, 1.54) is 29.2 Å². The van der Waals surface area contributed by atoms with E-state index in [-0.39, 0.29) is 24.4 Å². The van der Waals surface area contributed by atoms with Crippen molar-refractivity contribution in [3.8, 4) is 6.07 Å². The first-order valence-electron chi connectivity index (χ1n) is 8.39. The quantitative estimate of drug-likeness (QED) is 0.612. The second kappa shape index (κ2) is 11.3. The van der Waals surface area contributed by atoms with Crippen molar-refractivity contribution < 1.29 is 23.9 Å². The SMILES string of the molecule is CCNC(=O)CN(CC)C(=O)COC(=O)c1ccc(NC(=O)CC#N)cc1. The van der Waals surface area contributed by atoms with Gasteiger partial charge in [0.25, 0.3) is 5.91 Å². The molecule has 0 saturated carbocycles. The Kier molecular flexibility index (Phi) is 9.02. The van der Waals surface area contributed by atoms with E-state index in [2.05, 4.69) is 10.6 Å². The molecule has 0 aliphatic carbocycles. The van der Waals surface area contributed by atoms with Crippen LogP contribution in [-0.4, -0.2) is 54.8 Å². The molecule has 0 aromatic heterocycles. The number of nitrogens with one attached hydrogen (secondary N) is 2. The lowest BCUT2D eigenvalue weighted by atomic mass is 10.2. The van der Waals surface area contributed by atoms with Crippen molar-refractivity contribution in [1.29, 1.82) is 5.26 Å². The van der Waals surface area contributed by atoms with E-state index in [9.17, 15) is 19.2 Å². The number of benzene rings is 1. The smallest absolute Gasteiger partial charge is 0.338 e. The summed E-state index contributed by atoms with van der Waals surface area (Å²) in [6.45, 7) is 3.69. The summed E-state index contributed by atoms with van der Waals surface area (Å²) in [5, 5.41) is 13.5. The Morgan fingerprint density at radius 2 is 1.78 bits per heavy atom. The first kappa shape index (κ1) is 21.6. The number of nitriles is 1. The molecule has 0 aliphatic rings. The fourth-order valence-corrected chi connectivity index (χ4v) is 2.07. The third kappa shape index (κ3) is 7.56. The summed E-state index contributed by atoms with van der Waals surface area (Å²) < 4.78 is 4.98. The van der Waals surface area contributed by atoms with Crippen LogP contribution in [0.1, 0.15) is 30.6 Å². The zero-order valence-corrected chi connectivity index (χ0v) is 15.3. The molecule has 9 nitrogen and oxygen atoms in total. The van der Waals surface area contributed by atoms with Crippen molar-refractivity contribution in [2.75, 3.05) is 31.6 Å². The van der Waals surface area contributed by atoms with Gasteiger partial charge >= 0.3 is 5.97 Å². The minimum Gasteiger partial charge on any atom is -0.452 e. The predicted octanol–water partition coefficient (Wildman–Crippen LogP) is 0.680. The number of likely N-dealkylation sites (N-methyl/N-ethyl adjacent to an activating group) is 2. The lowest BCUT2D eigenvalue weighted by molar-refractivity contribution is -0.138. The van der Waals surface area contributed by atoms with Crippen LogP contribution in [0.15, 0.2) is 24.3 Å². The summed E-state index contributed by atoms with van der Waals surface area (Å²) in [5.41, 5.74) is 0.634. The summed E-state index contributed by atoms with van der Waals surface area (Å²) in [6, 6.07) is 7.57. The van der Waals surface area contributed by atoms with Gasteiger partial charge in [0.05, 0.1) is 18.2 Å². The van der Waals surface area contributed by atoms with Crippen LogP contribution >= 0.6 is 0 Å². The Bertz CT molecular complexity index is 724. The summed E-state index contributed by atoms with van der Waals surface area (Å²) in [6.07, 6.45) is -0.268. The maximum atomic E-state index is 12.1. The Balaban J connectivity index is 2.55. The number of amides is 3. The van der Waals surface area contributed by atoms with Crippen LogP contribution in [0.25, 0.3) is 0 Å². The highest BCUT2D eigenvalue weighted by molar-refractivity contribution is 5.94. The van der Waals surface area contributed by atoms with Crippen LogP contribution < -0.4 is 10.6 Å². The summed E-state index contributed by atoms with van der Waals surface area (Å²) in [4.78, 5) is 48.3. The van der Waals surface area contributed by atoms with E-state index in [1.54, 1.807) is 19.9 Å². The van der Waals surface area contributed by atoms with Gasteiger partial charge < -0.3 is 20.3 Å². The number of anilines is 1. The molecule has 0 fully saturated rings. The second-order valence-electron chi connectivity index (χ2n) is 5.40. The fraction of sp³-hybridized carbons (Fsp3) is 0.389. The molecule has 1 aromatic carbocycles. The maximum absolute atomic E-state index is 12.1. The number of nitrogens with zero attached hydrogens (tertiary/aromatic N) is 2. The van der Waals surface area contributed by atoms with Crippen molar-refractivity contribution in [2.45, 2.75) is 20.3 Å². The van der Waals surface area contributed by atoms with Gasteiger partial charge in [0.15, 0.2) is 6.61 Å². The minimum atomic E-state index is -0.702. The van der Waals surface area contributed by atoms with Gasteiger partial charge in [-0.25, -0.2) is 4.79 Å².